The second-order valence-corrected chi connectivity index (χ2v) is 4.52. The van der Waals surface area contributed by atoms with E-state index in [1.807, 2.05) is 11.8 Å². The molecule has 2 unspecified atom stereocenters. The van der Waals surface area contributed by atoms with Gasteiger partial charge in [0.05, 0.1) is 6.10 Å². The van der Waals surface area contributed by atoms with E-state index in [4.69, 9.17) is 0 Å². The quantitative estimate of drug-likeness (QED) is 0.623. The molecule has 0 aromatic rings. The molecule has 12 heavy (non-hydrogen) atoms. The van der Waals surface area contributed by atoms with Gasteiger partial charge in [-0.2, -0.15) is 11.8 Å². The largest absolute Gasteiger partial charge is 0.393 e. The molecule has 0 radical (unpaired) electrons. The van der Waals surface area contributed by atoms with Gasteiger partial charge in [-0.1, -0.05) is 20.3 Å². The topological polar surface area (TPSA) is 20.2 Å². The van der Waals surface area contributed by atoms with Crippen molar-refractivity contribution in [3.8, 4) is 0 Å². The molecule has 0 spiro atoms. The van der Waals surface area contributed by atoms with Gasteiger partial charge in [0.25, 0.3) is 0 Å². The van der Waals surface area contributed by atoms with E-state index < -0.39 is 0 Å². The summed E-state index contributed by atoms with van der Waals surface area (Å²) in [6.07, 6.45) is 6.34. The fraction of sp³-hybridized carbons (Fsp3) is 1.00. The third-order valence-electron chi connectivity index (χ3n) is 2.26. The first kappa shape index (κ1) is 12.3. The van der Waals surface area contributed by atoms with Crippen LogP contribution in [0.15, 0.2) is 0 Å². The number of aliphatic hydroxyl groups excluding tert-OH is 1. The maximum absolute atomic E-state index is 9.57. The summed E-state index contributed by atoms with van der Waals surface area (Å²) < 4.78 is 0. The molecule has 1 nitrogen and oxygen atoms in total. The molecular weight excluding hydrogens is 168 g/mol. The lowest BCUT2D eigenvalue weighted by molar-refractivity contribution is 0.135. The number of rotatable bonds is 7. The molecule has 1 N–H and O–H groups in total. The van der Waals surface area contributed by atoms with Crippen molar-refractivity contribution in [3.05, 3.63) is 0 Å². The smallest absolute Gasteiger partial charge is 0.0543 e. The molecule has 0 rings (SSSR count). The highest BCUT2D eigenvalue weighted by molar-refractivity contribution is 7.98. The Morgan fingerprint density at radius 1 is 1.42 bits per heavy atom. The lowest BCUT2D eigenvalue weighted by Crippen LogP contribution is -2.11. The van der Waals surface area contributed by atoms with E-state index in [-0.39, 0.29) is 6.10 Å². The molecule has 0 bridgehead atoms. The molecule has 0 aliphatic rings. The predicted molar refractivity (Wildman–Crippen MR) is 57.7 cm³/mol. The predicted octanol–water partition coefficient (Wildman–Crippen LogP) is 2.93. The lowest BCUT2D eigenvalue weighted by Gasteiger charge is -2.14. The molecular formula is C10H22OS. The van der Waals surface area contributed by atoms with Crippen LogP contribution in [-0.4, -0.2) is 23.2 Å². The zero-order valence-corrected chi connectivity index (χ0v) is 9.36. The Labute approximate surface area is 80.9 Å². The van der Waals surface area contributed by atoms with Gasteiger partial charge in [0.15, 0.2) is 0 Å². The highest BCUT2D eigenvalue weighted by Gasteiger charge is 2.07. The van der Waals surface area contributed by atoms with Crippen molar-refractivity contribution < 1.29 is 5.11 Å². The van der Waals surface area contributed by atoms with Gasteiger partial charge < -0.3 is 5.11 Å². The second-order valence-electron chi connectivity index (χ2n) is 3.54. The lowest BCUT2D eigenvalue weighted by atomic mass is 9.99. The van der Waals surface area contributed by atoms with Gasteiger partial charge >= 0.3 is 0 Å². The van der Waals surface area contributed by atoms with Crippen LogP contribution in [-0.2, 0) is 0 Å². The standard InChI is InChI=1S/C10H22OS/c1-4-9(2)8-10(11)6-5-7-12-3/h9-11H,4-8H2,1-3H3. The van der Waals surface area contributed by atoms with Crippen molar-refractivity contribution in [3.63, 3.8) is 0 Å². The van der Waals surface area contributed by atoms with Gasteiger partial charge in [-0.05, 0) is 37.2 Å². The van der Waals surface area contributed by atoms with Crippen LogP contribution in [0.2, 0.25) is 0 Å². The number of hydrogen-bond acceptors (Lipinski definition) is 2. The minimum Gasteiger partial charge on any atom is -0.393 e. The average molecular weight is 190 g/mol. The normalized spacial score (nSPS) is 16.0. The molecule has 2 heteroatoms. The monoisotopic (exact) mass is 190 g/mol. The summed E-state index contributed by atoms with van der Waals surface area (Å²) in [5.74, 6) is 1.85. The van der Waals surface area contributed by atoms with Crippen molar-refractivity contribution in [2.75, 3.05) is 12.0 Å². The summed E-state index contributed by atoms with van der Waals surface area (Å²) in [6.45, 7) is 4.39. The van der Waals surface area contributed by atoms with E-state index in [0.717, 1.165) is 19.3 Å². The third-order valence-corrected chi connectivity index (χ3v) is 2.95. The van der Waals surface area contributed by atoms with E-state index in [1.165, 1.54) is 12.2 Å². The van der Waals surface area contributed by atoms with E-state index in [2.05, 4.69) is 20.1 Å². The fourth-order valence-corrected chi connectivity index (χ4v) is 1.67. The third kappa shape index (κ3) is 6.99. The zero-order valence-electron chi connectivity index (χ0n) is 8.55. The van der Waals surface area contributed by atoms with E-state index in [0.29, 0.717) is 5.92 Å². The van der Waals surface area contributed by atoms with Crippen LogP contribution in [0.4, 0.5) is 0 Å². The maximum Gasteiger partial charge on any atom is 0.0543 e. The highest BCUT2D eigenvalue weighted by Crippen LogP contribution is 2.13. The molecule has 0 aromatic heterocycles. The summed E-state index contributed by atoms with van der Waals surface area (Å²) in [6, 6.07) is 0. The molecule has 0 fully saturated rings. The fourth-order valence-electron chi connectivity index (χ4n) is 1.21. The Kier molecular flexibility index (Phi) is 8.14. The van der Waals surface area contributed by atoms with Crippen LogP contribution < -0.4 is 0 Å². The van der Waals surface area contributed by atoms with Gasteiger partial charge in [0.1, 0.15) is 0 Å². The molecule has 0 heterocycles. The Bertz CT molecular complexity index is 95.8. The molecule has 0 aliphatic carbocycles. The maximum atomic E-state index is 9.57. The zero-order chi connectivity index (χ0) is 9.40. The molecule has 0 saturated carbocycles. The minimum atomic E-state index is -0.0629. The van der Waals surface area contributed by atoms with Gasteiger partial charge in [-0.15, -0.1) is 0 Å². The van der Waals surface area contributed by atoms with Crippen molar-refractivity contribution in [1.82, 2.24) is 0 Å². The molecule has 2 atom stereocenters. The Morgan fingerprint density at radius 2 is 2.08 bits per heavy atom. The van der Waals surface area contributed by atoms with Crippen molar-refractivity contribution in [2.45, 2.75) is 45.6 Å². The van der Waals surface area contributed by atoms with Crippen molar-refractivity contribution in [1.29, 1.82) is 0 Å². The van der Waals surface area contributed by atoms with Gasteiger partial charge in [0, 0.05) is 0 Å². The molecule has 0 aromatic carbocycles. The first-order chi connectivity index (χ1) is 5.70. The van der Waals surface area contributed by atoms with Crippen LogP contribution in [0.25, 0.3) is 0 Å². The number of thioether (sulfide) groups is 1. The van der Waals surface area contributed by atoms with Crippen molar-refractivity contribution >= 4 is 11.8 Å². The second kappa shape index (κ2) is 7.93. The average Bonchev–Trinajstić information content (AvgIpc) is 2.05. The summed E-state index contributed by atoms with van der Waals surface area (Å²) in [7, 11) is 0. The first-order valence-corrected chi connectivity index (χ1v) is 6.27. The molecule has 0 aliphatic heterocycles. The number of aliphatic hydroxyl groups is 1. The van der Waals surface area contributed by atoms with Gasteiger partial charge in [-0.25, -0.2) is 0 Å². The minimum absolute atomic E-state index is 0.0629. The van der Waals surface area contributed by atoms with E-state index in [9.17, 15) is 5.11 Å². The molecule has 0 saturated heterocycles. The van der Waals surface area contributed by atoms with Crippen LogP contribution in [0.3, 0.4) is 0 Å². The highest BCUT2D eigenvalue weighted by atomic mass is 32.2. The van der Waals surface area contributed by atoms with Crippen LogP contribution in [0, 0.1) is 5.92 Å². The van der Waals surface area contributed by atoms with Gasteiger partial charge in [0.2, 0.25) is 0 Å². The summed E-state index contributed by atoms with van der Waals surface area (Å²) >= 11 is 1.86. The summed E-state index contributed by atoms with van der Waals surface area (Å²) in [5, 5.41) is 9.57. The number of hydrogen-bond donors (Lipinski definition) is 1. The van der Waals surface area contributed by atoms with Crippen LogP contribution in [0.1, 0.15) is 39.5 Å². The van der Waals surface area contributed by atoms with Crippen LogP contribution in [0.5, 0.6) is 0 Å². The SMILES string of the molecule is CCC(C)CC(O)CCCSC. The van der Waals surface area contributed by atoms with E-state index in [1.54, 1.807) is 0 Å². The van der Waals surface area contributed by atoms with E-state index >= 15 is 0 Å². The Morgan fingerprint density at radius 3 is 2.58 bits per heavy atom. The van der Waals surface area contributed by atoms with Crippen LogP contribution >= 0.6 is 11.8 Å². The van der Waals surface area contributed by atoms with Crippen molar-refractivity contribution in [2.24, 2.45) is 5.92 Å². The Hall–Kier alpha value is 0.310. The van der Waals surface area contributed by atoms with Gasteiger partial charge in [-0.3, -0.25) is 0 Å². The summed E-state index contributed by atoms with van der Waals surface area (Å²) in [4.78, 5) is 0. The Balaban J connectivity index is 3.26. The molecule has 0 amide bonds. The molecule has 74 valence electrons. The summed E-state index contributed by atoms with van der Waals surface area (Å²) in [5.41, 5.74) is 0. The first-order valence-electron chi connectivity index (χ1n) is 4.87.